The predicted octanol–water partition coefficient (Wildman–Crippen LogP) is 2.51. The smallest absolute Gasteiger partial charge is 0.150 e. The normalized spacial score (nSPS) is 20.6. The van der Waals surface area contributed by atoms with Crippen molar-refractivity contribution in [2.24, 2.45) is 0 Å². The van der Waals surface area contributed by atoms with Crippen molar-refractivity contribution in [2.45, 2.75) is 0 Å². The molecule has 64 valence electrons. The monoisotopic (exact) mass is 283 g/mol. The Bertz CT molecular complexity index is 102. The highest BCUT2D eigenvalue weighted by Gasteiger charge is 2.18. The molecule has 0 radical (unpaired) electrons. The summed E-state index contributed by atoms with van der Waals surface area (Å²) in [5.41, 5.74) is 0. The van der Waals surface area contributed by atoms with Gasteiger partial charge in [0.15, 0.2) is 6.80 Å². The molecular weight excluding hydrogens is 271 g/mol. The van der Waals surface area contributed by atoms with Crippen molar-refractivity contribution in [3.8, 4) is 0 Å². The first-order chi connectivity index (χ1) is 4.54. The Balaban J connectivity index is 3.82. The first-order valence-electron chi connectivity index (χ1n) is 2.83. The minimum atomic E-state index is -1.21. The van der Waals surface area contributed by atoms with Gasteiger partial charge < -0.3 is 0 Å². The van der Waals surface area contributed by atoms with Gasteiger partial charge in [-0.2, -0.15) is 0 Å². The third-order valence-electron chi connectivity index (χ3n) is 1.27. The van der Waals surface area contributed by atoms with Crippen LogP contribution in [0, 0.1) is 0 Å². The summed E-state index contributed by atoms with van der Waals surface area (Å²) in [7, 11) is 0.471. The van der Waals surface area contributed by atoms with E-state index in [1.54, 1.807) is 11.4 Å². The van der Waals surface area contributed by atoms with Crippen LogP contribution in [0.3, 0.4) is 0 Å². The number of halogens is 3. The molecule has 1 unspecified atom stereocenters. The molecule has 0 aromatic heterocycles. The fraction of sp³-hybridized carbons (Fsp3) is 1.00. The van der Waals surface area contributed by atoms with Gasteiger partial charge in [-0.3, -0.25) is 4.39 Å². The van der Waals surface area contributed by atoms with E-state index in [0.29, 0.717) is 5.75 Å². The summed E-state index contributed by atoms with van der Waals surface area (Å²) in [4.78, 5) is 0. The molecule has 0 amide bonds. The standard InChI is InChI=1S/C5H12F2INS/c1-9(5-7)10(2,8)4-3-6/h3-5H2,1-2H3. The molecule has 0 aromatic carbocycles. The molecule has 1 atom stereocenters. The van der Waals surface area contributed by atoms with E-state index < -0.39 is 14.2 Å². The Morgan fingerprint density at radius 2 is 2.00 bits per heavy atom. The van der Waals surface area contributed by atoms with Crippen molar-refractivity contribution in [1.29, 1.82) is 0 Å². The highest BCUT2D eigenvalue weighted by atomic mass is 127. The van der Waals surface area contributed by atoms with E-state index in [9.17, 15) is 8.78 Å². The number of hydrogen-bond donors (Lipinski definition) is 0. The van der Waals surface area contributed by atoms with E-state index in [2.05, 4.69) is 21.2 Å². The van der Waals surface area contributed by atoms with Crippen LogP contribution >= 0.6 is 28.6 Å². The summed E-state index contributed by atoms with van der Waals surface area (Å²) in [6.45, 7) is -0.853. The molecule has 0 heterocycles. The van der Waals surface area contributed by atoms with Gasteiger partial charge in [0.05, 0.1) is 6.67 Å². The Labute approximate surface area is 74.2 Å². The van der Waals surface area contributed by atoms with Crippen LogP contribution in [0.2, 0.25) is 0 Å². The molecule has 0 aliphatic carbocycles. The summed E-state index contributed by atoms with van der Waals surface area (Å²) in [6, 6.07) is 0. The molecule has 0 aliphatic rings. The Hall–Kier alpha value is 0.900. The Morgan fingerprint density at radius 1 is 1.50 bits per heavy atom. The third-order valence-corrected chi connectivity index (χ3v) is 6.90. The number of alkyl halides is 2. The third kappa shape index (κ3) is 3.34. The zero-order valence-electron chi connectivity index (χ0n) is 6.11. The average Bonchev–Trinajstić information content (AvgIpc) is 1.86. The van der Waals surface area contributed by atoms with Crippen LogP contribution in [0.1, 0.15) is 0 Å². The summed E-state index contributed by atoms with van der Waals surface area (Å²) in [6.07, 6.45) is 1.90. The number of rotatable bonds is 4. The van der Waals surface area contributed by atoms with Crippen molar-refractivity contribution < 1.29 is 8.78 Å². The molecule has 0 aliphatic heterocycles. The lowest BCUT2D eigenvalue weighted by Crippen LogP contribution is -2.20. The molecule has 0 fully saturated rings. The lowest BCUT2D eigenvalue weighted by Gasteiger charge is -2.35. The van der Waals surface area contributed by atoms with Gasteiger partial charge >= 0.3 is 0 Å². The first kappa shape index (κ1) is 10.9. The van der Waals surface area contributed by atoms with Gasteiger partial charge in [-0.25, -0.2) is 8.70 Å². The van der Waals surface area contributed by atoms with Gasteiger partial charge in [-0.05, 0) is 34.5 Å². The Kier molecular flexibility index (Phi) is 5.14. The molecular formula is C5H12F2INS. The minimum Gasteiger partial charge on any atom is -0.250 e. The zero-order valence-corrected chi connectivity index (χ0v) is 9.08. The fourth-order valence-electron chi connectivity index (χ4n) is 0.398. The maximum atomic E-state index is 12.0. The van der Waals surface area contributed by atoms with Crippen molar-refractivity contribution >= 4 is 28.6 Å². The quantitative estimate of drug-likeness (QED) is 0.566. The molecule has 0 bridgehead atoms. The van der Waals surface area contributed by atoms with Crippen LogP contribution in [0.25, 0.3) is 0 Å². The van der Waals surface area contributed by atoms with Crippen LogP contribution in [0.5, 0.6) is 0 Å². The van der Waals surface area contributed by atoms with E-state index >= 15 is 0 Å². The molecule has 10 heavy (non-hydrogen) atoms. The Morgan fingerprint density at radius 3 is 2.30 bits per heavy atom. The predicted molar refractivity (Wildman–Crippen MR) is 52.1 cm³/mol. The van der Waals surface area contributed by atoms with Gasteiger partial charge in [0.1, 0.15) is 0 Å². The number of hydrogen-bond acceptors (Lipinski definition) is 1. The van der Waals surface area contributed by atoms with Crippen LogP contribution < -0.4 is 0 Å². The highest BCUT2D eigenvalue weighted by molar-refractivity contribution is 14.2. The zero-order chi connectivity index (χ0) is 8.20. The van der Waals surface area contributed by atoms with Crippen LogP contribution in [0.15, 0.2) is 0 Å². The van der Waals surface area contributed by atoms with Gasteiger partial charge in [-0.15, -0.1) is 7.39 Å². The number of nitrogens with zero attached hydrogens (tertiary/aromatic N) is 1. The van der Waals surface area contributed by atoms with E-state index in [0.717, 1.165) is 0 Å². The van der Waals surface area contributed by atoms with Crippen molar-refractivity contribution in [3.05, 3.63) is 0 Å². The fourth-order valence-corrected chi connectivity index (χ4v) is 2.01. The maximum Gasteiger partial charge on any atom is 0.150 e. The van der Waals surface area contributed by atoms with E-state index in [4.69, 9.17) is 0 Å². The molecule has 0 saturated heterocycles. The molecule has 0 saturated carbocycles. The summed E-state index contributed by atoms with van der Waals surface area (Å²) in [5, 5.41) is 0. The van der Waals surface area contributed by atoms with Gasteiger partial charge in [0.25, 0.3) is 0 Å². The molecule has 0 aromatic rings. The van der Waals surface area contributed by atoms with Crippen LogP contribution in [-0.4, -0.2) is 36.8 Å². The summed E-state index contributed by atoms with van der Waals surface area (Å²) >= 11 is 2.13. The van der Waals surface area contributed by atoms with Gasteiger partial charge in [0, 0.05) is 5.75 Å². The van der Waals surface area contributed by atoms with Crippen molar-refractivity contribution in [2.75, 3.05) is 32.5 Å². The molecule has 1 nitrogen and oxygen atoms in total. The van der Waals surface area contributed by atoms with Crippen molar-refractivity contribution in [3.63, 3.8) is 0 Å². The molecule has 0 spiro atoms. The SMILES string of the molecule is CN(CF)S(C)(I)CCF. The van der Waals surface area contributed by atoms with Gasteiger partial charge in [0.2, 0.25) is 0 Å². The second-order valence-electron chi connectivity index (χ2n) is 2.07. The van der Waals surface area contributed by atoms with Crippen molar-refractivity contribution in [1.82, 2.24) is 4.31 Å². The first-order valence-corrected chi connectivity index (χ1v) is 7.54. The molecule has 0 N–H and O–H groups in total. The second kappa shape index (κ2) is 4.71. The molecule has 5 heteroatoms. The maximum absolute atomic E-state index is 12.0. The van der Waals surface area contributed by atoms with Gasteiger partial charge in [-0.1, -0.05) is 0 Å². The lowest BCUT2D eigenvalue weighted by molar-refractivity contribution is 0.347. The topological polar surface area (TPSA) is 3.24 Å². The summed E-state index contributed by atoms with van der Waals surface area (Å²) < 4.78 is 25.4. The van der Waals surface area contributed by atoms with E-state index in [-0.39, 0.29) is 6.67 Å². The lowest BCUT2D eigenvalue weighted by atomic mass is 10.9. The van der Waals surface area contributed by atoms with Crippen LogP contribution in [-0.2, 0) is 0 Å². The minimum absolute atomic E-state index is 0.362. The molecule has 0 rings (SSSR count). The van der Waals surface area contributed by atoms with Crippen LogP contribution in [0.4, 0.5) is 8.78 Å². The summed E-state index contributed by atoms with van der Waals surface area (Å²) in [5.74, 6) is 0.452. The van der Waals surface area contributed by atoms with E-state index in [1.165, 1.54) is 0 Å². The largest absolute Gasteiger partial charge is 0.250 e. The highest BCUT2D eigenvalue weighted by Crippen LogP contribution is 2.54. The average molecular weight is 283 g/mol. The van der Waals surface area contributed by atoms with E-state index in [1.807, 2.05) is 6.26 Å². The second-order valence-corrected chi connectivity index (χ2v) is 10.7.